The fourth-order valence-electron chi connectivity index (χ4n) is 2.69. The molecule has 1 aromatic carbocycles. The van der Waals surface area contributed by atoms with Crippen LogP contribution in [0.4, 0.5) is 11.5 Å². The minimum atomic E-state index is 0.144. The van der Waals surface area contributed by atoms with Gasteiger partial charge in [-0.1, -0.05) is 0 Å². The Hall–Kier alpha value is -2.94. The number of nitrogens with zero attached hydrogens (tertiary/aromatic N) is 5. The van der Waals surface area contributed by atoms with Crippen LogP contribution in [0.5, 0.6) is 11.5 Å². The van der Waals surface area contributed by atoms with Crippen LogP contribution in [0.15, 0.2) is 30.3 Å². The summed E-state index contributed by atoms with van der Waals surface area (Å²) in [5, 5.41) is 18.7. The summed E-state index contributed by atoms with van der Waals surface area (Å²) < 4.78 is 18.2. The first kappa shape index (κ1) is 15.6. The molecule has 0 radical (unpaired) electrons. The number of nitrogens with one attached hydrogen (secondary N) is 1. The van der Waals surface area contributed by atoms with Gasteiger partial charge in [0.05, 0.1) is 13.2 Å². The molecular formula is C16H18N6O3. The van der Waals surface area contributed by atoms with Crippen molar-refractivity contribution in [2.75, 3.05) is 25.6 Å². The van der Waals surface area contributed by atoms with E-state index in [0.29, 0.717) is 29.6 Å². The molecule has 9 nitrogen and oxygen atoms in total. The molecule has 1 aliphatic heterocycles. The van der Waals surface area contributed by atoms with Crippen LogP contribution < -0.4 is 14.8 Å². The molecule has 1 aliphatic rings. The summed E-state index contributed by atoms with van der Waals surface area (Å²) in [6.07, 6.45) is 2.25. The van der Waals surface area contributed by atoms with Crippen LogP contribution in [0.25, 0.3) is 5.65 Å². The van der Waals surface area contributed by atoms with Gasteiger partial charge >= 0.3 is 0 Å². The number of ether oxygens (including phenoxy) is 3. The Balaban J connectivity index is 1.51. The first-order valence-electron chi connectivity index (χ1n) is 8.07. The van der Waals surface area contributed by atoms with Crippen LogP contribution in [0.2, 0.25) is 0 Å². The van der Waals surface area contributed by atoms with E-state index in [1.165, 1.54) is 4.63 Å². The van der Waals surface area contributed by atoms with Gasteiger partial charge in [-0.2, -0.15) is 0 Å². The highest BCUT2D eigenvalue weighted by molar-refractivity contribution is 5.61. The van der Waals surface area contributed by atoms with E-state index in [1.807, 2.05) is 24.3 Å². The first-order valence-corrected chi connectivity index (χ1v) is 8.07. The highest BCUT2D eigenvalue weighted by Crippen LogP contribution is 2.31. The van der Waals surface area contributed by atoms with Crippen molar-refractivity contribution >= 4 is 17.2 Å². The predicted molar refractivity (Wildman–Crippen MR) is 89.3 cm³/mol. The van der Waals surface area contributed by atoms with Crippen molar-refractivity contribution in [3.8, 4) is 11.5 Å². The molecule has 3 aromatic rings. The summed E-state index contributed by atoms with van der Waals surface area (Å²) in [4.78, 5) is 0. The molecule has 0 spiro atoms. The Morgan fingerprint density at radius 1 is 1.28 bits per heavy atom. The number of aromatic nitrogens is 5. The second kappa shape index (κ2) is 6.89. The predicted octanol–water partition coefficient (Wildman–Crippen LogP) is 1.83. The van der Waals surface area contributed by atoms with Gasteiger partial charge in [-0.05, 0) is 47.5 Å². The summed E-state index contributed by atoms with van der Waals surface area (Å²) in [5.74, 6) is 1.95. The summed E-state index contributed by atoms with van der Waals surface area (Å²) in [7, 11) is 1.62. The molecule has 2 aromatic heterocycles. The van der Waals surface area contributed by atoms with Gasteiger partial charge in [-0.25, -0.2) is 0 Å². The molecule has 1 saturated heterocycles. The summed E-state index contributed by atoms with van der Waals surface area (Å²) in [6, 6.07) is 9.21. The highest BCUT2D eigenvalue weighted by Gasteiger charge is 2.17. The zero-order chi connectivity index (χ0) is 17.1. The molecule has 0 amide bonds. The van der Waals surface area contributed by atoms with Gasteiger partial charge in [0.1, 0.15) is 6.61 Å². The minimum absolute atomic E-state index is 0.144. The first-order chi connectivity index (χ1) is 12.3. The summed E-state index contributed by atoms with van der Waals surface area (Å²) >= 11 is 0. The second-order valence-corrected chi connectivity index (χ2v) is 5.68. The third-order valence-corrected chi connectivity index (χ3v) is 3.95. The summed E-state index contributed by atoms with van der Waals surface area (Å²) in [6.45, 7) is 1.31. The topological polar surface area (TPSA) is 95.7 Å². The van der Waals surface area contributed by atoms with Crippen LogP contribution in [-0.4, -0.2) is 51.7 Å². The van der Waals surface area contributed by atoms with Gasteiger partial charge in [0.25, 0.3) is 0 Å². The van der Waals surface area contributed by atoms with Crippen LogP contribution in [0.3, 0.4) is 0 Å². The normalized spacial score (nSPS) is 16.9. The van der Waals surface area contributed by atoms with Crippen LogP contribution in [-0.2, 0) is 4.74 Å². The Bertz CT molecular complexity index is 862. The van der Waals surface area contributed by atoms with Crippen LogP contribution in [0, 0.1) is 0 Å². The number of rotatable bonds is 6. The lowest BCUT2D eigenvalue weighted by molar-refractivity contribution is 0.0670. The van der Waals surface area contributed by atoms with Gasteiger partial charge in [-0.3, -0.25) is 0 Å². The zero-order valence-corrected chi connectivity index (χ0v) is 13.8. The lowest BCUT2D eigenvalue weighted by Crippen LogP contribution is -2.16. The largest absolute Gasteiger partial charge is 0.493 e. The summed E-state index contributed by atoms with van der Waals surface area (Å²) in [5.41, 5.74) is 1.41. The quantitative estimate of drug-likeness (QED) is 0.725. The molecule has 0 aliphatic carbocycles. The van der Waals surface area contributed by atoms with Crippen molar-refractivity contribution in [3.05, 3.63) is 30.3 Å². The standard InChI is InChI=1S/C16H18N6O3/c1-23-13-5-4-11(9-14(13)25-10-12-3-2-8-24-12)17-15-6-7-16-18-20-21-22(16)19-15/h4-7,9,12H,2-3,8,10H2,1H3,(H,17,19)/t12-/m1/s1. The van der Waals surface area contributed by atoms with Crippen molar-refractivity contribution in [2.24, 2.45) is 0 Å². The maximum atomic E-state index is 5.90. The number of benzene rings is 1. The van der Waals surface area contributed by atoms with Crippen molar-refractivity contribution in [3.63, 3.8) is 0 Å². The number of methoxy groups -OCH3 is 1. The Morgan fingerprint density at radius 2 is 2.24 bits per heavy atom. The van der Waals surface area contributed by atoms with E-state index < -0.39 is 0 Å². The van der Waals surface area contributed by atoms with Crippen LogP contribution in [0.1, 0.15) is 12.8 Å². The van der Waals surface area contributed by atoms with Crippen molar-refractivity contribution in [1.29, 1.82) is 0 Å². The van der Waals surface area contributed by atoms with Crippen molar-refractivity contribution in [2.45, 2.75) is 18.9 Å². The number of hydrogen-bond donors (Lipinski definition) is 1. The zero-order valence-electron chi connectivity index (χ0n) is 13.8. The van der Waals surface area contributed by atoms with E-state index in [0.717, 1.165) is 25.1 Å². The molecule has 1 atom stereocenters. The maximum Gasteiger partial charge on any atom is 0.200 e. The number of anilines is 2. The smallest absolute Gasteiger partial charge is 0.200 e. The molecule has 0 saturated carbocycles. The Labute approximate surface area is 143 Å². The Kier molecular flexibility index (Phi) is 4.30. The highest BCUT2D eigenvalue weighted by atomic mass is 16.5. The van der Waals surface area contributed by atoms with E-state index >= 15 is 0 Å². The number of tetrazole rings is 1. The van der Waals surface area contributed by atoms with Gasteiger partial charge in [-0.15, -0.1) is 14.8 Å². The van der Waals surface area contributed by atoms with Crippen molar-refractivity contribution < 1.29 is 14.2 Å². The fraction of sp³-hybridized carbons (Fsp3) is 0.375. The molecule has 25 heavy (non-hydrogen) atoms. The lowest BCUT2D eigenvalue weighted by atomic mass is 10.2. The van der Waals surface area contributed by atoms with Gasteiger partial charge in [0.15, 0.2) is 23.0 Å². The Morgan fingerprint density at radius 3 is 3.08 bits per heavy atom. The fourth-order valence-corrected chi connectivity index (χ4v) is 2.69. The van der Waals surface area contributed by atoms with E-state index in [-0.39, 0.29) is 6.10 Å². The molecule has 1 fully saturated rings. The number of fused-ring (bicyclic) bond motifs is 1. The van der Waals surface area contributed by atoms with Crippen molar-refractivity contribution in [1.82, 2.24) is 25.3 Å². The van der Waals surface area contributed by atoms with E-state index in [9.17, 15) is 0 Å². The number of hydrogen-bond acceptors (Lipinski definition) is 8. The molecular weight excluding hydrogens is 324 g/mol. The lowest BCUT2D eigenvalue weighted by Gasteiger charge is -2.15. The molecule has 9 heteroatoms. The molecule has 0 bridgehead atoms. The third-order valence-electron chi connectivity index (χ3n) is 3.95. The monoisotopic (exact) mass is 342 g/mol. The van der Waals surface area contributed by atoms with Crippen LogP contribution >= 0.6 is 0 Å². The van der Waals surface area contributed by atoms with Gasteiger partial charge in [0, 0.05) is 18.4 Å². The molecule has 4 rings (SSSR count). The molecule has 3 heterocycles. The van der Waals surface area contributed by atoms with Gasteiger partial charge in [0.2, 0.25) is 0 Å². The van der Waals surface area contributed by atoms with E-state index in [4.69, 9.17) is 14.2 Å². The second-order valence-electron chi connectivity index (χ2n) is 5.68. The third kappa shape index (κ3) is 3.45. The molecule has 1 N–H and O–H groups in total. The minimum Gasteiger partial charge on any atom is -0.493 e. The van der Waals surface area contributed by atoms with E-state index in [1.54, 1.807) is 13.2 Å². The van der Waals surface area contributed by atoms with E-state index in [2.05, 4.69) is 25.9 Å². The van der Waals surface area contributed by atoms with Gasteiger partial charge < -0.3 is 19.5 Å². The molecule has 0 unspecified atom stereocenters. The maximum absolute atomic E-state index is 5.90. The average Bonchev–Trinajstić information content (AvgIpc) is 3.31. The average molecular weight is 342 g/mol. The molecule has 130 valence electrons. The SMILES string of the molecule is COc1ccc(Nc2ccc3nnnn3n2)cc1OC[C@H]1CCCO1.